The van der Waals surface area contributed by atoms with Crippen molar-refractivity contribution in [1.29, 1.82) is 0 Å². The van der Waals surface area contributed by atoms with Gasteiger partial charge >= 0.3 is 0 Å². The highest BCUT2D eigenvalue weighted by Gasteiger charge is 2.25. The number of benzene rings is 1. The van der Waals surface area contributed by atoms with Crippen molar-refractivity contribution >= 4 is 39.0 Å². The maximum atomic E-state index is 12.8. The molecule has 1 aliphatic heterocycles. The van der Waals surface area contributed by atoms with Crippen LogP contribution in [-0.2, 0) is 0 Å². The van der Waals surface area contributed by atoms with E-state index < -0.39 is 0 Å². The van der Waals surface area contributed by atoms with E-state index in [2.05, 4.69) is 27.1 Å². The number of anilines is 2. The fourth-order valence-electron chi connectivity index (χ4n) is 3.20. The number of carbonyl (C=O) groups is 1. The molecule has 4 rings (SSSR count). The highest BCUT2D eigenvalue weighted by Crippen LogP contribution is 2.26. The Morgan fingerprint density at radius 2 is 1.96 bits per heavy atom. The lowest BCUT2D eigenvalue weighted by Crippen LogP contribution is -2.49. The molecule has 1 saturated heterocycles. The second-order valence-corrected chi connectivity index (χ2v) is 7.20. The molecule has 6 nitrogen and oxygen atoms in total. The molecule has 1 N–H and O–H groups in total. The normalized spacial score (nSPS) is 14.7. The zero-order valence-corrected chi connectivity index (χ0v) is 15.5. The SMILES string of the molecule is CCNc1cccnc1N1CCN(C(=O)c2nc3ccccc3s2)CC1. The lowest BCUT2D eigenvalue weighted by Gasteiger charge is -2.35. The molecular weight excluding hydrogens is 346 g/mol. The molecule has 0 aliphatic carbocycles. The Labute approximate surface area is 156 Å². The number of pyridine rings is 1. The first-order valence-electron chi connectivity index (χ1n) is 8.85. The average molecular weight is 367 g/mol. The van der Waals surface area contributed by atoms with E-state index in [0.717, 1.165) is 41.4 Å². The molecule has 7 heteroatoms. The minimum Gasteiger partial charge on any atom is -0.382 e. The van der Waals surface area contributed by atoms with Gasteiger partial charge in [0.15, 0.2) is 10.8 Å². The Balaban J connectivity index is 1.45. The van der Waals surface area contributed by atoms with Crippen LogP contribution in [0.25, 0.3) is 10.2 Å². The van der Waals surface area contributed by atoms with Gasteiger partial charge in [0.05, 0.1) is 15.9 Å². The Morgan fingerprint density at radius 1 is 1.15 bits per heavy atom. The van der Waals surface area contributed by atoms with Crippen molar-refractivity contribution in [3.63, 3.8) is 0 Å². The zero-order valence-electron chi connectivity index (χ0n) is 14.7. The van der Waals surface area contributed by atoms with Gasteiger partial charge in [0, 0.05) is 38.9 Å². The van der Waals surface area contributed by atoms with E-state index in [4.69, 9.17) is 0 Å². The summed E-state index contributed by atoms with van der Waals surface area (Å²) in [6, 6.07) is 11.9. The zero-order chi connectivity index (χ0) is 17.9. The number of nitrogens with one attached hydrogen (secondary N) is 1. The third-order valence-corrected chi connectivity index (χ3v) is 5.52. The number of hydrogen-bond acceptors (Lipinski definition) is 6. The number of nitrogens with zero attached hydrogens (tertiary/aromatic N) is 4. The quantitative estimate of drug-likeness (QED) is 0.768. The minimum absolute atomic E-state index is 0.0266. The van der Waals surface area contributed by atoms with Crippen LogP contribution >= 0.6 is 11.3 Å². The van der Waals surface area contributed by atoms with Crippen molar-refractivity contribution in [2.24, 2.45) is 0 Å². The number of rotatable bonds is 4. The van der Waals surface area contributed by atoms with E-state index in [1.807, 2.05) is 47.5 Å². The Kier molecular flexibility index (Phi) is 4.71. The minimum atomic E-state index is 0.0266. The summed E-state index contributed by atoms with van der Waals surface area (Å²) < 4.78 is 1.05. The van der Waals surface area contributed by atoms with E-state index >= 15 is 0 Å². The van der Waals surface area contributed by atoms with Crippen molar-refractivity contribution in [3.8, 4) is 0 Å². The second kappa shape index (κ2) is 7.29. The maximum Gasteiger partial charge on any atom is 0.282 e. The number of fused-ring (bicyclic) bond motifs is 1. The van der Waals surface area contributed by atoms with Gasteiger partial charge in [0.25, 0.3) is 5.91 Å². The molecular formula is C19H21N5OS. The van der Waals surface area contributed by atoms with Crippen molar-refractivity contribution in [2.45, 2.75) is 6.92 Å². The molecule has 0 unspecified atom stereocenters. The lowest BCUT2D eigenvalue weighted by molar-refractivity contribution is 0.0746. The summed E-state index contributed by atoms with van der Waals surface area (Å²) in [6.07, 6.45) is 1.81. The standard InChI is InChI=1S/C19H21N5OS/c1-2-20-15-7-5-9-21-17(15)23-10-12-24(13-11-23)19(25)18-22-14-6-3-4-8-16(14)26-18/h3-9,20H,2,10-13H2,1H3. The highest BCUT2D eigenvalue weighted by atomic mass is 32.1. The van der Waals surface area contributed by atoms with Crippen molar-refractivity contribution in [2.75, 3.05) is 42.9 Å². The van der Waals surface area contributed by atoms with Gasteiger partial charge in [0.2, 0.25) is 0 Å². The van der Waals surface area contributed by atoms with Gasteiger partial charge in [-0.05, 0) is 31.2 Å². The number of carbonyl (C=O) groups excluding carboxylic acids is 1. The van der Waals surface area contributed by atoms with Crippen LogP contribution in [0.3, 0.4) is 0 Å². The third kappa shape index (κ3) is 3.22. The van der Waals surface area contributed by atoms with E-state index in [0.29, 0.717) is 18.1 Å². The van der Waals surface area contributed by atoms with Crippen molar-refractivity contribution < 1.29 is 4.79 Å². The first-order chi connectivity index (χ1) is 12.8. The van der Waals surface area contributed by atoms with Gasteiger partial charge in [-0.15, -0.1) is 11.3 Å². The van der Waals surface area contributed by atoms with Gasteiger partial charge in [-0.25, -0.2) is 9.97 Å². The number of hydrogen-bond donors (Lipinski definition) is 1. The lowest BCUT2D eigenvalue weighted by atomic mass is 10.2. The number of para-hydroxylation sites is 1. The van der Waals surface area contributed by atoms with E-state index in [-0.39, 0.29) is 5.91 Å². The molecule has 0 atom stereocenters. The first kappa shape index (κ1) is 16.8. The molecule has 0 radical (unpaired) electrons. The fraction of sp³-hybridized carbons (Fsp3) is 0.316. The monoisotopic (exact) mass is 367 g/mol. The van der Waals surface area contributed by atoms with E-state index in [1.54, 1.807) is 0 Å². The Hall–Kier alpha value is -2.67. The molecule has 0 spiro atoms. The summed E-state index contributed by atoms with van der Waals surface area (Å²) in [4.78, 5) is 26.0. The number of aromatic nitrogens is 2. The second-order valence-electron chi connectivity index (χ2n) is 6.17. The number of piperazine rings is 1. The van der Waals surface area contributed by atoms with Crippen LogP contribution in [0, 0.1) is 0 Å². The van der Waals surface area contributed by atoms with Gasteiger partial charge < -0.3 is 15.1 Å². The first-order valence-corrected chi connectivity index (χ1v) is 9.66. The molecule has 0 saturated carbocycles. The average Bonchev–Trinajstić information content (AvgIpc) is 3.12. The predicted octanol–water partition coefficient (Wildman–Crippen LogP) is 3.09. The largest absolute Gasteiger partial charge is 0.382 e. The third-order valence-electron chi connectivity index (χ3n) is 4.50. The Bertz CT molecular complexity index is 884. The molecule has 3 heterocycles. The summed E-state index contributed by atoms with van der Waals surface area (Å²) in [5.74, 6) is 0.986. The molecule has 134 valence electrons. The summed E-state index contributed by atoms with van der Waals surface area (Å²) in [6.45, 7) is 5.83. The summed E-state index contributed by atoms with van der Waals surface area (Å²) in [7, 11) is 0. The smallest absolute Gasteiger partial charge is 0.282 e. The predicted molar refractivity (Wildman–Crippen MR) is 106 cm³/mol. The van der Waals surface area contributed by atoms with Crippen LogP contribution in [0.1, 0.15) is 16.7 Å². The van der Waals surface area contributed by atoms with E-state index in [9.17, 15) is 4.79 Å². The summed E-state index contributed by atoms with van der Waals surface area (Å²) in [5.41, 5.74) is 1.93. The van der Waals surface area contributed by atoms with E-state index in [1.165, 1.54) is 11.3 Å². The fourth-order valence-corrected chi connectivity index (χ4v) is 4.13. The van der Waals surface area contributed by atoms with Crippen molar-refractivity contribution in [3.05, 3.63) is 47.6 Å². The number of amides is 1. The van der Waals surface area contributed by atoms with Crippen LogP contribution in [0.5, 0.6) is 0 Å². The maximum absolute atomic E-state index is 12.8. The molecule has 26 heavy (non-hydrogen) atoms. The highest BCUT2D eigenvalue weighted by molar-refractivity contribution is 7.20. The summed E-state index contributed by atoms with van der Waals surface area (Å²) in [5, 5.41) is 3.93. The van der Waals surface area contributed by atoms with Gasteiger partial charge in [-0.1, -0.05) is 12.1 Å². The molecule has 1 amide bonds. The molecule has 3 aromatic rings. The van der Waals surface area contributed by atoms with Crippen LogP contribution in [-0.4, -0.2) is 53.5 Å². The number of thiazole rings is 1. The Morgan fingerprint density at radius 3 is 2.73 bits per heavy atom. The van der Waals surface area contributed by atoms with Crippen LogP contribution in [0.2, 0.25) is 0 Å². The topological polar surface area (TPSA) is 61.4 Å². The van der Waals surface area contributed by atoms with Crippen LogP contribution in [0.4, 0.5) is 11.5 Å². The van der Waals surface area contributed by atoms with Gasteiger partial charge in [0.1, 0.15) is 0 Å². The van der Waals surface area contributed by atoms with Gasteiger partial charge in [-0.3, -0.25) is 4.79 Å². The molecule has 1 aromatic carbocycles. The van der Waals surface area contributed by atoms with Crippen LogP contribution < -0.4 is 10.2 Å². The molecule has 1 fully saturated rings. The van der Waals surface area contributed by atoms with Crippen molar-refractivity contribution in [1.82, 2.24) is 14.9 Å². The molecule has 0 bridgehead atoms. The summed E-state index contributed by atoms with van der Waals surface area (Å²) >= 11 is 1.47. The van der Waals surface area contributed by atoms with Crippen LogP contribution in [0.15, 0.2) is 42.6 Å². The molecule has 1 aliphatic rings. The van der Waals surface area contributed by atoms with Gasteiger partial charge in [-0.2, -0.15) is 0 Å². The molecule has 2 aromatic heterocycles.